The highest BCUT2D eigenvalue weighted by Crippen LogP contribution is 2.28. The van der Waals surface area contributed by atoms with E-state index < -0.39 is 0 Å². The molecule has 0 saturated carbocycles. The summed E-state index contributed by atoms with van der Waals surface area (Å²) in [6.07, 6.45) is 0. The highest BCUT2D eigenvalue weighted by molar-refractivity contribution is 6.62. The lowest BCUT2D eigenvalue weighted by Gasteiger charge is -2.33. The molecule has 1 aliphatic rings. The summed E-state index contributed by atoms with van der Waals surface area (Å²) >= 11 is 5.54. The summed E-state index contributed by atoms with van der Waals surface area (Å²) in [5.41, 5.74) is 3.48. The third-order valence-electron chi connectivity index (χ3n) is 4.41. The van der Waals surface area contributed by atoms with Gasteiger partial charge in [-0.15, -0.1) is 0 Å². The summed E-state index contributed by atoms with van der Waals surface area (Å²) in [4.78, 5) is 15.2. The number of amides is 1. The number of ether oxygens (including phenoxy) is 1. The van der Waals surface area contributed by atoms with Gasteiger partial charge in [0.25, 0.3) is 0 Å². The van der Waals surface area contributed by atoms with E-state index in [1.165, 1.54) is 5.56 Å². The van der Waals surface area contributed by atoms with E-state index in [1.807, 2.05) is 18.2 Å². The lowest BCUT2D eigenvalue weighted by atomic mass is 10.0. The van der Waals surface area contributed by atoms with Crippen molar-refractivity contribution in [3.05, 3.63) is 54.1 Å². The minimum Gasteiger partial charge on any atom is -0.496 e. The Balaban J connectivity index is 1.71. The smallest absolute Gasteiger partial charge is 0.316 e. The summed E-state index contributed by atoms with van der Waals surface area (Å²) in [5, 5.41) is -0.362. The van der Waals surface area contributed by atoms with Gasteiger partial charge in [0.1, 0.15) is 5.75 Å². The van der Waals surface area contributed by atoms with E-state index in [1.54, 1.807) is 12.0 Å². The van der Waals surface area contributed by atoms with E-state index in [2.05, 4.69) is 35.2 Å². The molecule has 0 spiro atoms. The SMILES string of the molecule is COc1cc(-c2ccccc2)ccc1CN1CCN(C(=O)Cl)CC1. The van der Waals surface area contributed by atoms with Gasteiger partial charge in [-0.3, -0.25) is 9.69 Å². The molecule has 0 atom stereocenters. The second-order valence-electron chi connectivity index (χ2n) is 5.91. The Morgan fingerprint density at radius 3 is 2.38 bits per heavy atom. The number of carbonyl (C=O) groups is 1. The molecular weight excluding hydrogens is 324 g/mol. The van der Waals surface area contributed by atoms with Crippen LogP contribution < -0.4 is 4.74 Å². The van der Waals surface area contributed by atoms with Crippen LogP contribution in [0.25, 0.3) is 11.1 Å². The average molecular weight is 345 g/mol. The first kappa shape index (κ1) is 16.8. The maximum atomic E-state index is 11.2. The van der Waals surface area contributed by atoms with Gasteiger partial charge in [-0.25, -0.2) is 0 Å². The normalized spacial score (nSPS) is 15.3. The van der Waals surface area contributed by atoms with Gasteiger partial charge >= 0.3 is 5.37 Å². The van der Waals surface area contributed by atoms with Crippen molar-refractivity contribution in [3.63, 3.8) is 0 Å². The second kappa shape index (κ2) is 7.69. The fourth-order valence-electron chi connectivity index (χ4n) is 3.01. The summed E-state index contributed by atoms with van der Waals surface area (Å²) in [6.45, 7) is 3.80. The minimum atomic E-state index is -0.362. The topological polar surface area (TPSA) is 32.8 Å². The third-order valence-corrected chi connectivity index (χ3v) is 4.65. The number of rotatable bonds is 4. The number of halogens is 1. The van der Waals surface area contributed by atoms with E-state index >= 15 is 0 Å². The van der Waals surface area contributed by atoms with Crippen molar-refractivity contribution in [1.29, 1.82) is 0 Å². The number of hydrogen-bond acceptors (Lipinski definition) is 3. The van der Waals surface area contributed by atoms with Crippen LogP contribution in [-0.4, -0.2) is 48.5 Å². The van der Waals surface area contributed by atoms with E-state index in [0.29, 0.717) is 13.1 Å². The molecule has 4 nitrogen and oxygen atoms in total. The largest absolute Gasteiger partial charge is 0.496 e. The third kappa shape index (κ3) is 3.89. The van der Waals surface area contributed by atoms with Gasteiger partial charge in [0.05, 0.1) is 7.11 Å². The van der Waals surface area contributed by atoms with Gasteiger partial charge in [-0.05, 0) is 28.8 Å². The number of hydrogen-bond donors (Lipinski definition) is 0. The fourth-order valence-corrected chi connectivity index (χ4v) is 3.18. The minimum absolute atomic E-state index is 0.362. The maximum Gasteiger partial charge on any atom is 0.316 e. The molecule has 2 aromatic rings. The summed E-state index contributed by atoms with van der Waals surface area (Å²) < 4.78 is 5.60. The van der Waals surface area contributed by atoms with Crippen molar-refractivity contribution in [2.24, 2.45) is 0 Å². The molecule has 24 heavy (non-hydrogen) atoms. The molecule has 126 valence electrons. The molecule has 1 amide bonds. The van der Waals surface area contributed by atoms with E-state index in [9.17, 15) is 4.79 Å². The van der Waals surface area contributed by atoms with Crippen LogP contribution in [0, 0.1) is 0 Å². The Hall–Kier alpha value is -2.04. The first-order chi connectivity index (χ1) is 11.7. The standard InChI is InChI=1S/C19H21ClN2O2/c1-24-18-13-16(15-5-3-2-4-6-15)7-8-17(18)14-21-9-11-22(12-10-21)19(20)23/h2-8,13H,9-12,14H2,1H3. The van der Waals surface area contributed by atoms with Gasteiger partial charge < -0.3 is 9.64 Å². The fraction of sp³-hybridized carbons (Fsp3) is 0.316. The molecule has 3 rings (SSSR count). The Morgan fingerprint density at radius 2 is 1.75 bits per heavy atom. The van der Waals surface area contributed by atoms with Crippen LogP contribution in [0.2, 0.25) is 0 Å². The predicted molar refractivity (Wildman–Crippen MR) is 96.5 cm³/mol. The average Bonchev–Trinajstić information content (AvgIpc) is 2.63. The zero-order valence-electron chi connectivity index (χ0n) is 13.7. The molecule has 0 unspecified atom stereocenters. The molecule has 0 N–H and O–H groups in total. The lowest BCUT2D eigenvalue weighted by molar-refractivity contribution is 0.147. The van der Waals surface area contributed by atoms with Crippen molar-refractivity contribution < 1.29 is 9.53 Å². The van der Waals surface area contributed by atoms with Crippen LogP contribution in [0.5, 0.6) is 5.75 Å². The molecule has 0 bridgehead atoms. The molecule has 0 aromatic heterocycles. The summed E-state index contributed by atoms with van der Waals surface area (Å²) in [7, 11) is 1.71. The number of benzene rings is 2. The molecule has 1 saturated heterocycles. The molecule has 0 aliphatic carbocycles. The second-order valence-corrected chi connectivity index (χ2v) is 6.23. The Kier molecular flexibility index (Phi) is 5.38. The number of carbonyl (C=O) groups excluding carboxylic acids is 1. The van der Waals surface area contributed by atoms with Crippen LogP contribution in [0.1, 0.15) is 5.56 Å². The van der Waals surface area contributed by atoms with Crippen molar-refractivity contribution in [1.82, 2.24) is 9.80 Å². The van der Waals surface area contributed by atoms with Crippen molar-refractivity contribution in [3.8, 4) is 16.9 Å². The Labute approximate surface area is 147 Å². The number of piperazine rings is 1. The molecular formula is C19H21ClN2O2. The van der Waals surface area contributed by atoms with E-state index in [4.69, 9.17) is 16.3 Å². The monoisotopic (exact) mass is 344 g/mol. The maximum absolute atomic E-state index is 11.2. The van der Waals surface area contributed by atoms with Crippen LogP contribution in [0.15, 0.2) is 48.5 Å². The molecule has 5 heteroatoms. The van der Waals surface area contributed by atoms with Gasteiger partial charge in [0.2, 0.25) is 0 Å². The number of nitrogens with zero attached hydrogens (tertiary/aromatic N) is 2. The molecule has 1 aliphatic heterocycles. The highest BCUT2D eigenvalue weighted by Gasteiger charge is 2.20. The van der Waals surface area contributed by atoms with Crippen LogP contribution in [0.4, 0.5) is 4.79 Å². The van der Waals surface area contributed by atoms with Gasteiger partial charge in [0, 0.05) is 38.3 Å². The summed E-state index contributed by atoms with van der Waals surface area (Å²) in [6, 6.07) is 16.6. The predicted octanol–water partition coefficient (Wildman–Crippen LogP) is 3.84. The van der Waals surface area contributed by atoms with Crippen LogP contribution >= 0.6 is 11.6 Å². The first-order valence-corrected chi connectivity index (χ1v) is 8.44. The molecule has 2 aromatic carbocycles. The summed E-state index contributed by atoms with van der Waals surface area (Å²) in [5.74, 6) is 0.896. The molecule has 0 radical (unpaired) electrons. The Morgan fingerprint density at radius 1 is 1.04 bits per heavy atom. The zero-order valence-corrected chi connectivity index (χ0v) is 14.5. The number of methoxy groups -OCH3 is 1. The van der Waals surface area contributed by atoms with Gasteiger partial charge in [-0.2, -0.15) is 0 Å². The first-order valence-electron chi connectivity index (χ1n) is 8.06. The highest BCUT2D eigenvalue weighted by atomic mass is 35.5. The van der Waals surface area contributed by atoms with Crippen LogP contribution in [0.3, 0.4) is 0 Å². The van der Waals surface area contributed by atoms with Gasteiger partial charge in [0.15, 0.2) is 0 Å². The Bertz CT molecular complexity index is 698. The zero-order chi connectivity index (χ0) is 16.9. The van der Waals surface area contributed by atoms with Crippen molar-refractivity contribution in [2.75, 3.05) is 33.3 Å². The van der Waals surface area contributed by atoms with Gasteiger partial charge in [-0.1, -0.05) is 42.5 Å². The lowest BCUT2D eigenvalue weighted by Crippen LogP contribution is -2.46. The van der Waals surface area contributed by atoms with E-state index in [-0.39, 0.29) is 5.37 Å². The van der Waals surface area contributed by atoms with Crippen molar-refractivity contribution >= 4 is 17.0 Å². The molecule has 1 heterocycles. The van der Waals surface area contributed by atoms with E-state index in [0.717, 1.165) is 36.5 Å². The quantitative estimate of drug-likeness (QED) is 0.624. The van der Waals surface area contributed by atoms with Crippen LogP contribution in [-0.2, 0) is 6.54 Å². The molecule has 1 fully saturated rings. The van der Waals surface area contributed by atoms with Crippen molar-refractivity contribution in [2.45, 2.75) is 6.54 Å².